The van der Waals surface area contributed by atoms with Crippen molar-refractivity contribution in [2.24, 2.45) is 5.73 Å². The maximum Gasteiger partial charge on any atom is 0.236 e. The predicted octanol–water partition coefficient (Wildman–Crippen LogP) is -1.70. The van der Waals surface area contributed by atoms with E-state index in [2.05, 4.69) is 5.32 Å². The Balaban J connectivity index is 3.89. The minimum Gasteiger partial charge on any atom is -0.355 e. The minimum absolute atomic E-state index is 0.00808. The van der Waals surface area contributed by atoms with E-state index in [1.807, 2.05) is 0 Å². The van der Waals surface area contributed by atoms with Crippen LogP contribution >= 0.6 is 0 Å². The number of rotatable bonds is 8. The Labute approximate surface area is 108 Å². The number of carbonyl (C=O) groups excluding carboxylic acids is 1. The van der Waals surface area contributed by atoms with Gasteiger partial charge in [0.15, 0.2) is 0 Å². The zero-order valence-corrected chi connectivity index (χ0v) is 12.2. The van der Waals surface area contributed by atoms with Gasteiger partial charge in [-0.25, -0.2) is 16.8 Å². The molecular formula is C9H20N2O5S2. The molecule has 0 aliphatic heterocycles. The van der Waals surface area contributed by atoms with Gasteiger partial charge in [0, 0.05) is 19.1 Å². The lowest BCUT2D eigenvalue weighted by Gasteiger charge is -2.11. The Morgan fingerprint density at radius 3 is 2.06 bits per heavy atom. The average Bonchev–Trinajstić information content (AvgIpc) is 2.18. The van der Waals surface area contributed by atoms with Crippen molar-refractivity contribution in [2.45, 2.75) is 18.9 Å². The maximum absolute atomic E-state index is 11.4. The van der Waals surface area contributed by atoms with Crippen LogP contribution in [0.5, 0.6) is 0 Å². The molecule has 0 aliphatic rings. The van der Waals surface area contributed by atoms with E-state index in [9.17, 15) is 21.6 Å². The van der Waals surface area contributed by atoms with Gasteiger partial charge in [-0.3, -0.25) is 4.79 Å². The molecule has 108 valence electrons. The van der Waals surface area contributed by atoms with Crippen LogP contribution in [0.1, 0.15) is 12.8 Å². The van der Waals surface area contributed by atoms with Gasteiger partial charge in [0.2, 0.25) is 5.91 Å². The standard InChI is InChI=1S/C9H20N2O5S2/c1-17(13,14)6-3-5-11-9(12)8(10)4-7-18(2,15)16/h8H,3-7,10H2,1-2H3,(H,11,12). The van der Waals surface area contributed by atoms with Gasteiger partial charge in [-0.1, -0.05) is 0 Å². The van der Waals surface area contributed by atoms with Gasteiger partial charge in [-0.05, 0) is 12.8 Å². The van der Waals surface area contributed by atoms with Crippen LogP contribution in [0.2, 0.25) is 0 Å². The highest BCUT2D eigenvalue weighted by Gasteiger charge is 2.15. The van der Waals surface area contributed by atoms with Gasteiger partial charge < -0.3 is 11.1 Å². The van der Waals surface area contributed by atoms with E-state index >= 15 is 0 Å². The largest absolute Gasteiger partial charge is 0.355 e. The third kappa shape index (κ3) is 10.5. The highest BCUT2D eigenvalue weighted by atomic mass is 32.2. The third-order valence-electron chi connectivity index (χ3n) is 2.13. The molecule has 9 heteroatoms. The van der Waals surface area contributed by atoms with Crippen LogP contribution in [0.15, 0.2) is 0 Å². The van der Waals surface area contributed by atoms with E-state index in [4.69, 9.17) is 5.73 Å². The molecule has 3 N–H and O–H groups in total. The number of nitrogens with two attached hydrogens (primary N) is 1. The zero-order chi connectivity index (χ0) is 14.4. The first-order valence-electron chi connectivity index (χ1n) is 5.40. The molecule has 0 aromatic heterocycles. The van der Waals surface area contributed by atoms with Gasteiger partial charge in [0.25, 0.3) is 0 Å². The number of hydrogen-bond acceptors (Lipinski definition) is 6. The molecule has 0 radical (unpaired) electrons. The van der Waals surface area contributed by atoms with Crippen LogP contribution in [-0.4, -0.2) is 59.3 Å². The van der Waals surface area contributed by atoms with Crippen LogP contribution in [-0.2, 0) is 24.5 Å². The molecule has 0 saturated carbocycles. The molecule has 0 bridgehead atoms. The quantitative estimate of drug-likeness (QED) is 0.515. The zero-order valence-electron chi connectivity index (χ0n) is 10.5. The SMILES string of the molecule is CS(=O)(=O)CCCNC(=O)C(N)CCS(C)(=O)=O. The summed E-state index contributed by atoms with van der Waals surface area (Å²) in [5.74, 6) is -0.622. The van der Waals surface area contributed by atoms with Crippen molar-refractivity contribution in [3.63, 3.8) is 0 Å². The van der Waals surface area contributed by atoms with Crippen molar-refractivity contribution < 1.29 is 21.6 Å². The Morgan fingerprint density at radius 2 is 1.61 bits per heavy atom. The second-order valence-corrected chi connectivity index (χ2v) is 8.82. The lowest BCUT2D eigenvalue weighted by Crippen LogP contribution is -2.42. The summed E-state index contributed by atoms with van der Waals surface area (Å²) in [7, 11) is -6.17. The molecule has 7 nitrogen and oxygen atoms in total. The van der Waals surface area contributed by atoms with E-state index in [-0.39, 0.29) is 24.5 Å². The number of nitrogens with one attached hydrogen (secondary N) is 1. The summed E-state index contributed by atoms with van der Waals surface area (Å²) in [5, 5.41) is 2.47. The average molecular weight is 300 g/mol. The predicted molar refractivity (Wildman–Crippen MR) is 69.6 cm³/mol. The maximum atomic E-state index is 11.4. The van der Waals surface area contributed by atoms with Gasteiger partial charge >= 0.3 is 0 Å². The molecule has 0 fully saturated rings. The van der Waals surface area contributed by atoms with Crippen molar-refractivity contribution in [2.75, 3.05) is 30.6 Å². The van der Waals surface area contributed by atoms with Crippen LogP contribution in [0.3, 0.4) is 0 Å². The fourth-order valence-corrected chi connectivity index (χ4v) is 2.50. The summed E-state index contributed by atoms with van der Waals surface area (Å²) >= 11 is 0. The normalized spacial score (nSPS) is 14.2. The molecule has 0 rings (SSSR count). The van der Waals surface area contributed by atoms with Gasteiger partial charge in [0.05, 0.1) is 17.5 Å². The minimum atomic E-state index is -3.14. The van der Waals surface area contributed by atoms with Crippen LogP contribution in [0.4, 0.5) is 0 Å². The van der Waals surface area contributed by atoms with E-state index in [1.54, 1.807) is 0 Å². The second-order valence-electron chi connectivity index (χ2n) is 4.30. The molecule has 0 saturated heterocycles. The van der Waals surface area contributed by atoms with E-state index < -0.39 is 31.6 Å². The van der Waals surface area contributed by atoms with E-state index in [1.165, 1.54) is 0 Å². The molecule has 0 aromatic rings. The molecule has 0 aromatic carbocycles. The van der Waals surface area contributed by atoms with Crippen LogP contribution < -0.4 is 11.1 Å². The lowest BCUT2D eigenvalue weighted by molar-refractivity contribution is -0.122. The highest BCUT2D eigenvalue weighted by Crippen LogP contribution is 1.94. The van der Waals surface area contributed by atoms with Crippen molar-refractivity contribution in [3.8, 4) is 0 Å². The Bertz CT molecular complexity index is 469. The van der Waals surface area contributed by atoms with Gasteiger partial charge in [0.1, 0.15) is 19.7 Å². The number of hydrogen-bond donors (Lipinski definition) is 2. The van der Waals surface area contributed by atoms with E-state index in [0.29, 0.717) is 6.42 Å². The summed E-state index contributed by atoms with van der Waals surface area (Å²) < 4.78 is 43.4. The van der Waals surface area contributed by atoms with Crippen molar-refractivity contribution in [1.82, 2.24) is 5.32 Å². The Kier molecular flexibility index (Phi) is 6.79. The molecule has 0 heterocycles. The summed E-state index contributed by atoms with van der Waals surface area (Å²) in [6.45, 7) is 0.207. The summed E-state index contributed by atoms with van der Waals surface area (Å²) in [4.78, 5) is 11.4. The first kappa shape index (κ1) is 17.3. The molecule has 1 atom stereocenters. The smallest absolute Gasteiger partial charge is 0.236 e. The summed E-state index contributed by atoms with van der Waals surface area (Å²) in [6.07, 6.45) is 2.55. The molecule has 0 aliphatic carbocycles. The fourth-order valence-electron chi connectivity index (χ4n) is 1.15. The van der Waals surface area contributed by atoms with Crippen LogP contribution in [0.25, 0.3) is 0 Å². The van der Waals surface area contributed by atoms with Gasteiger partial charge in [-0.2, -0.15) is 0 Å². The Morgan fingerprint density at radius 1 is 1.11 bits per heavy atom. The first-order chi connectivity index (χ1) is 8.01. The number of carbonyl (C=O) groups is 1. The fraction of sp³-hybridized carbons (Fsp3) is 0.889. The molecule has 0 spiro atoms. The number of amides is 1. The van der Waals surface area contributed by atoms with Crippen LogP contribution in [0, 0.1) is 0 Å². The second kappa shape index (κ2) is 7.05. The van der Waals surface area contributed by atoms with Crippen molar-refractivity contribution in [3.05, 3.63) is 0 Å². The van der Waals surface area contributed by atoms with Crippen molar-refractivity contribution in [1.29, 1.82) is 0 Å². The summed E-state index contributed by atoms with van der Waals surface area (Å²) in [5.41, 5.74) is 5.50. The lowest BCUT2D eigenvalue weighted by atomic mass is 10.2. The molecular weight excluding hydrogens is 280 g/mol. The topological polar surface area (TPSA) is 123 Å². The monoisotopic (exact) mass is 300 g/mol. The Hall–Kier alpha value is -0.670. The van der Waals surface area contributed by atoms with E-state index in [0.717, 1.165) is 12.5 Å². The number of sulfone groups is 2. The molecule has 1 amide bonds. The highest BCUT2D eigenvalue weighted by molar-refractivity contribution is 7.90. The third-order valence-corrected chi connectivity index (χ3v) is 4.14. The van der Waals surface area contributed by atoms with Crippen molar-refractivity contribution >= 4 is 25.6 Å². The summed E-state index contributed by atoms with van der Waals surface area (Å²) in [6, 6.07) is -0.891. The molecule has 18 heavy (non-hydrogen) atoms. The van der Waals surface area contributed by atoms with Gasteiger partial charge in [-0.15, -0.1) is 0 Å². The molecule has 1 unspecified atom stereocenters. The first-order valence-corrected chi connectivity index (χ1v) is 9.52.